The van der Waals surface area contributed by atoms with Crippen LogP contribution in [0.15, 0.2) is 18.2 Å². The van der Waals surface area contributed by atoms with Gasteiger partial charge < -0.3 is 10.1 Å². The molecule has 1 aromatic rings. The average Bonchev–Trinajstić information content (AvgIpc) is 2.24. The molecule has 0 aromatic heterocycles. The second-order valence-corrected chi connectivity index (χ2v) is 4.08. The van der Waals surface area contributed by atoms with Gasteiger partial charge in [-0.1, -0.05) is 6.07 Å². The first kappa shape index (κ1) is 12.6. The summed E-state index contributed by atoms with van der Waals surface area (Å²) in [5.41, 5.74) is -0.0449. The van der Waals surface area contributed by atoms with Crippen LogP contribution in [0.2, 0.25) is 0 Å². The number of ether oxygens (including phenoxy) is 1. The van der Waals surface area contributed by atoms with E-state index in [1.54, 1.807) is 32.9 Å². The summed E-state index contributed by atoms with van der Waals surface area (Å²) in [6, 6.07) is 4.56. The number of carbonyl (C=O) groups excluding carboxylic acids is 1. The number of carbonyl (C=O) groups is 1. The number of amides is 1. The Balaban J connectivity index is 2.90. The Morgan fingerprint density at radius 2 is 2.06 bits per heavy atom. The zero-order valence-corrected chi connectivity index (χ0v) is 9.93. The normalized spacial score (nSPS) is 11.3. The molecule has 0 saturated carbocycles. The molecule has 0 spiro atoms. The molecule has 0 atom stereocenters. The van der Waals surface area contributed by atoms with Gasteiger partial charge in [-0.15, -0.1) is 0 Å². The Bertz CT molecular complexity index is 402. The van der Waals surface area contributed by atoms with Crippen LogP contribution in [0.4, 0.5) is 10.1 Å². The van der Waals surface area contributed by atoms with Crippen LogP contribution in [0.1, 0.15) is 19.4 Å². The number of nitrogens with one attached hydrogen (secondary N) is 1. The third-order valence-corrected chi connectivity index (χ3v) is 2.57. The van der Waals surface area contributed by atoms with Gasteiger partial charge in [-0.05, 0) is 32.9 Å². The molecule has 1 amide bonds. The van der Waals surface area contributed by atoms with Crippen LogP contribution < -0.4 is 5.32 Å². The fourth-order valence-electron chi connectivity index (χ4n) is 1.11. The van der Waals surface area contributed by atoms with Gasteiger partial charge in [-0.2, -0.15) is 0 Å². The van der Waals surface area contributed by atoms with Crippen LogP contribution in [0, 0.1) is 12.7 Å². The molecule has 0 aliphatic rings. The molecule has 16 heavy (non-hydrogen) atoms. The van der Waals surface area contributed by atoms with Crippen molar-refractivity contribution >= 4 is 11.6 Å². The summed E-state index contributed by atoms with van der Waals surface area (Å²) in [5.74, 6) is -0.642. The van der Waals surface area contributed by atoms with E-state index in [0.29, 0.717) is 11.3 Å². The molecule has 0 unspecified atom stereocenters. The average molecular weight is 225 g/mol. The van der Waals surface area contributed by atoms with Crippen LogP contribution in [0.5, 0.6) is 0 Å². The lowest BCUT2D eigenvalue weighted by atomic mass is 10.1. The smallest absolute Gasteiger partial charge is 0.256 e. The van der Waals surface area contributed by atoms with Crippen molar-refractivity contribution in [3.8, 4) is 0 Å². The molecule has 0 aliphatic heterocycles. The van der Waals surface area contributed by atoms with Crippen molar-refractivity contribution < 1.29 is 13.9 Å². The van der Waals surface area contributed by atoms with Gasteiger partial charge >= 0.3 is 0 Å². The molecule has 0 aliphatic carbocycles. The van der Waals surface area contributed by atoms with E-state index < -0.39 is 5.60 Å². The van der Waals surface area contributed by atoms with Gasteiger partial charge in [0.2, 0.25) is 0 Å². The summed E-state index contributed by atoms with van der Waals surface area (Å²) in [4.78, 5) is 11.8. The maximum atomic E-state index is 13.2. The quantitative estimate of drug-likeness (QED) is 0.858. The number of methoxy groups -OCH3 is 1. The van der Waals surface area contributed by atoms with Crippen molar-refractivity contribution in [2.24, 2.45) is 0 Å². The molecule has 1 rings (SSSR count). The predicted molar refractivity (Wildman–Crippen MR) is 60.9 cm³/mol. The second kappa shape index (κ2) is 4.61. The van der Waals surface area contributed by atoms with Gasteiger partial charge in [0.1, 0.15) is 11.4 Å². The zero-order valence-electron chi connectivity index (χ0n) is 9.93. The lowest BCUT2D eigenvalue weighted by Gasteiger charge is -2.22. The van der Waals surface area contributed by atoms with E-state index in [9.17, 15) is 9.18 Å². The molecule has 0 fully saturated rings. The van der Waals surface area contributed by atoms with Gasteiger partial charge in [0.15, 0.2) is 0 Å². The van der Waals surface area contributed by atoms with E-state index >= 15 is 0 Å². The summed E-state index contributed by atoms with van der Waals surface area (Å²) >= 11 is 0. The molecule has 1 aromatic carbocycles. The van der Waals surface area contributed by atoms with Crippen molar-refractivity contribution in [2.45, 2.75) is 26.4 Å². The third-order valence-electron chi connectivity index (χ3n) is 2.57. The Hall–Kier alpha value is -1.42. The third kappa shape index (κ3) is 2.58. The fourth-order valence-corrected chi connectivity index (χ4v) is 1.11. The summed E-state index contributed by atoms with van der Waals surface area (Å²) in [5, 5.41) is 2.64. The number of hydrogen-bond acceptors (Lipinski definition) is 2. The minimum atomic E-state index is -0.932. The van der Waals surface area contributed by atoms with E-state index in [4.69, 9.17) is 4.74 Å². The van der Waals surface area contributed by atoms with Crippen molar-refractivity contribution in [3.63, 3.8) is 0 Å². The standard InChI is InChI=1S/C12H16FNO2/c1-8-9(13)6-5-7-10(8)14-11(15)12(2,3)16-4/h5-7H,1-4H3,(H,14,15). The highest BCUT2D eigenvalue weighted by Crippen LogP contribution is 2.19. The molecule has 88 valence electrons. The number of halogens is 1. The van der Waals surface area contributed by atoms with Crippen molar-refractivity contribution in [1.29, 1.82) is 0 Å². The highest BCUT2D eigenvalue weighted by molar-refractivity contribution is 5.97. The highest BCUT2D eigenvalue weighted by atomic mass is 19.1. The lowest BCUT2D eigenvalue weighted by molar-refractivity contribution is -0.133. The van der Waals surface area contributed by atoms with E-state index in [0.717, 1.165) is 0 Å². The largest absolute Gasteiger partial charge is 0.369 e. The van der Waals surface area contributed by atoms with Crippen molar-refractivity contribution in [2.75, 3.05) is 12.4 Å². The Kier molecular flexibility index (Phi) is 3.65. The molecule has 4 heteroatoms. The second-order valence-electron chi connectivity index (χ2n) is 4.08. The minimum Gasteiger partial charge on any atom is -0.369 e. The first-order valence-electron chi connectivity index (χ1n) is 5.00. The summed E-state index contributed by atoms with van der Waals surface area (Å²) in [6.07, 6.45) is 0. The summed E-state index contributed by atoms with van der Waals surface area (Å²) in [7, 11) is 1.46. The minimum absolute atomic E-state index is 0.302. The molecule has 0 heterocycles. The summed E-state index contributed by atoms with van der Waals surface area (Å²) < 4.78 is 18.3. The molecule has 1 N–H and O–H groups in total. The van der Waals surface area contributed by atoms with Crippen LogP contribution in [0.25, 0.3) is 0 Å². The van der Waals surface area contributed by atoms with Gasteiger partial charge in [0, 0.05) is 18.4 Å². The molecule has 0 bridgehead atoms. The maximum absolute atomic E-state index is 13.2. The maximum Gasteiger partial charge on any atom is 0.256 e. The Labute approximate surface area is 94.6 Å². The number of anilines is 1. The van der Waals surface area contributed by atoms with E-state index in [2.05, 4.69) is 5.32 Å². The van der Waals surface area contributed by atoms with E-state index in [1.165, 1.54) is 13.2 Å². The van der Waals surface area contributed by atoms with Gasteiger partial charge in [-0.25, -0.2) is 4.39 Å². The Morgan fingerprint density at radius 1 is 1.44 bits per heavy atom. The molecular formula is C12H16FNO2. The van der Waals surface area contributed by atoms with Crippen LogP contribution in [-0.2, 0) is 9.53 Å². The van der Waals surface area contributed by atoms with Crippen molar-refractivity contribution in [3.05, 3.63) is 29.6 Å². The number of rotatable bonds is 3. The predicted octanol–water partition coefficient (Wildman–Crippen LogP) is 2.50. The zero-order chi connectivity index (χ0) is 12.3. The fraction of sp³-hybridized carbons (Fsp3) is 0.417. The number of benzene rings is 1. The van der Waals surface area contributed by atoms with Crippen LogP contribution in [0.3, 0.4) is 0 Å². The van der Waals surface area contributed by atoms with Gasteiger partial charge in [0.05, 0.1) is 0 Å². The molecule has 0 saturated heterocycles. The first-order valence-corrected chi connectivity index (χ1v) is 5.00. The van der Waals surface area contributed by atoms with Gasteiger partial charge in [0.25, 0.3) is 5.91 Å². The SMILES string of the molecule is COC(C)(C)C(=O)Nc1cccc(F)c1C. The van der Waals surface area contributed by atoms with E-state index in [-0.39, 0.29) is 11.7 Å². The lowest BCUT2D eigenvalue weighted by Crippen LogP contribution is -2.39. The van der Waals surface area contributed by atoms with Gasteiger partial charge in [-0.3, -0.25) is 4.79 Å². The topological polar surface area (TPSA) is 38.3 Å². The van der Waals surface area contributed by atoms with Crippen LogP contribution in [-0.4, -0.2) is 18.6 Å². The van der Waals surface area contributed by atoms with Crippen LogP contribution >= 0.6 is 0 Å². The molecular weight excluding hydrogens is 209 g/mol. The number of hydrogen-bond donors (Lipinski definition) is 1. The first-order chi connectivity index (χ1) is 7.38. The molecule has 3 nitrogen and oxygen atoms in total. The monoisotopic (exact) mass is 225 g/mol. The highest BCUT2D eigenvalue weighted by Gasteiger charge is 2.27. The van der Waals surface area contributed by atoms with E-state index in [1.807, 2.05) is 0 Å². The molecule has 0 radical (unpaired) electrons. The summed E-state index contributed by atoms with van der Waals surface area (Å²) in [6.45, 7) is 4.92. The van der Waals surface area contributed by atoms with Crippen molar-refractivity contribution in [1.82, 2.24) is 0 Å². The Morgan fingerprint density at radius 3 is 2.62 bits per heavy atom.